The predicted octanol–water partition coefficient (Wildman–Crippen LogP) is 4.01. The van der Waals surface area contributed by atoms with Gasteiger partial charge in [0.25, 0.3) is 0 Å². The van der Waals surface area contributed by atoms with Crippen LogP contribution in [0.15, 0.2) is 53.0 Å². The fourth-order valence-corrected chi connectivity index (χ4v) is 2.35. The number of rotatable bonds is 4. The van der Waals surface area contributed by atoms with E-state index in [1.807, 2.05) is 39.8 Å². The summed E-state index contributed by atoms with van der Waals surface area (Å²) in [6.45, 7) is 9.17. The Morgan fingerprint density at radius 1 is 1.17 bits per heavy atom. The zero-order valence-corrected chi connectivity index (χ0v) is 14.3. The number of carbonyl (C=O) groups is 1. The Hall–Kier alpha value is -2.32. The SMILES string of the molecule is C/C(O)=C1\C(=C=O)C(/C=C/C(C)C)(/C=C/C(C)C)C(=O)C=C1O. The van der Waals surface area contributed by atoms with Crippen LogP contribution in [0.25, 0.3) is 0 Å². The Bertz CT molecular complexity index is 629. The molecule has 4 nitrogen and oxygen atoms in total. The number of hydrogen-bond donors (Lipinski definition) is 2. The molecule has 0 radical (unpaired) electrons. The lowest BCUT2D eigenvalue weighted by Gasteiger charge is -2.31. The summed E-state index contributed by atoms with van der Waals surface area (Å²) in [6.07, 6.45) is 7.97. The van der Waals surface area contributed by atoms with E-state index >= 15 is 0 Å². The van der Waals surface area contributed by atoms with Crippen LogP contribution in [0.3, 0.4) is 0 Å². The maximum atomic E-state index is 12.6. The molecule has 124 valence electrons. The van der Waals surface area contributed by atoms with E-state index in [0.29, 0.717) is 0 Å². The van der Waals surface area contributed by atoms with Gasteiger partial charge in [0.2, 0.25) is 0 Å². The largest absolute Gasteiger partial charge is 0.512 e. The molecule has 1 rings (SSSR count). The van der Waals surface area contributed by atoms with E-state index < -0.39 is 17.0 Å². The van der Waals surface area contributed by atoms with Gasteiger partial charge in [-0.15, -0.1) is 0 Å². The van der Waals surface area contributed by atoms with Crippen molar-refractivity contribution in [2.24, 2.45) is 17.3 Å². The first-order valence-electron chi connectivity index (χ1n) is 7.65. The van der Waals surface area contributed by atoms with E-state index in [1.165, 1.54) is 6.92 Å². The molecule has 0 atom stereocenters. The van der Waals surface area contributed by atoms with Crippen molar-refractivity contribution in [1.29, 1.82) is 0 Å². The summed E-state index contributed by atoms with van der Waals surface area (Å²) >= 11 is 0. The molecular weight excluding hydrogens is 292 g/mol. The van der Waals surface area contributed by atoms with Gasteiger partial charge in [-0.25, -0.2) is 4.79 Å². The second-order valence-electron chi connectivity index (χ2n) is 6.41. The van der Waals surface area contributed by atoms with Gasteiger partial charge in [0.15, 0.2) is 5.78 Å². The molecule has 1 aliphatic carbocycles. The molecule has 0 saturated carbocycles. The third kappa shape index (κ3) is 3.91. The van der Waals surface area contributed by atoms with Crippen LogP contribution in [0.1, 0.15) is 34.6 Å². The van der Waals surface area contributed by atoms with Gasteiger partial charge in [-0.1, -0.05) is 52.0 Å². The van der Waals surface area contributed by atoms with Crippen molar-refractivity contribution in [3.63, 3.8) is 0 Å². The van der Waals surface area contributed by atoms with E-state index in [0.717, 1.165) is 6.08 Å². The maximum absolute atomic E-state index is 12.6. The summed E-state index contributed by atoms with van der Waals surface area (Å²) in [6, 6.07) is 0. The van der Waals surface area contributed by atoms with Crippen molar-refractivity contribution >= 4 is 11.7 Å². The molecule has 0 saturated heterocycles. The lowest BCUT2D eigenvalue weighted by atomic mass is 9.68. The average Bonchev–Trinajstić information content (AvgIpc) is 2.43. The minimum atomic E-state index is -1.36. The number of carbonyl (C=O) groups excluding carboxylic acids is 2. The average molecular weight is 316 g/mol. The van der Waals surface area contributed by atoms with Crippen LogP contribution in [0.5, 0.6) is 0 Å². The highest BCUT2D eigenvalue weighted by atomic mass is 16.3. The summed E-state index contributed by atoms with van der Waals surface area (Å²) in [5.41, 5.74) is -1.47. The molecule has 2 N–H and O–H groups in total. The molecule has 0 bridgehead atoms. The molecule has 0 unspecified atom stereocenters. The Balaban J connectivity index is 3.75. The third-order valence-electron chi connectivity index (χ3n) is 3.55. The second-order valence-corrected chi connectivity index (χ2v) is 6.41. The van der Waals surface area contributed by atoms with Crippen LogP contribution in [-0.2, 0) is 9.59 Å². The summed E-state index contributed by atoms with van der Waals surface area (Å²) in [5.74, 6) is 1.01. The van der Waals surface area contributed by atoms with Crippen molar-refractivity contribution in [1.82, 2.24) is 0 Å². The zero-order valence-electron chi connectivity index (χ0n) is 14.3. The van der Waals surface area contributed by atoms with Gasteiger partial charge in [-0.3, -0.25) is 4.79 Å². The van der Waals surface area contributed by atoms with Gasteiger partial charge in [-0.2, -0.15) is 0 Å². The Morgan fingerprint density at radius 2 is 1.65 bits per heavy atom. The van der Waals surface area contributed by atoms with Crippen LogP contribution >= 0.6 is 0 Å². The highest BCUT2D eigenvalue weighted by Crippen LogP contribution is 2.43. The first-order chi connectivity index (χ1) is 10.7. The number of aliphatic hydroxyl groups is 2. The topological polar surface area (TPSA) is 74.6 Å². The Morgan fingerprint density at radius 3 is 2.00 bits per heavy atom. The van der Waals surface area contributed by atoms with Crippen LogP contribution in [0, 0.1) is 17.3 Å². The van der Waals surface area contributed by atoms with Gasteiger partial charge in [0, 0.05) is 6.08 Å². The molecule has 0 fully saturated rings. The minimum Gasteiger partial charge on any atom is -0.512 e. The fraction of sp³-hybridized carbons (Fsp3) is 0.421. The van der Waals surface area contributed by atoms with Gasteiger partial charge in [-0.05, 0) is 18.8 Å². The van der Waals surface area contributed by atoms with Crippen LogP contribution in [0.4, 0.5) is 0 Å². The highest BCUT2D eigenvalue weighted by molar-refractivity contribution is 6.06. The first-order valence-corrected chi connectivity index (χ1v) is 7.65. The summed E-state index contributed by atoms with van der Waals surface area (Å²) < 4.78 is 0. The quantitative estimate of drug-likeness (QED) is 0.467. The normalized spacial score (nSPS) is 20.6. The Labute approximate surface area is 137 Å². The monoisotopic (exact) mass is 316 g/mol. The van der Waals surface area contributed by atoms with Gasteiger partial charge < -0.3 is 10.2 Å². The van der Waals surface area contributed by atoms with Gasteiger partial charge in [0.05, 0.1) is 11.1 Å². The fourth-order valence-electron chi connectivity index (χ4n) is 2.35. The Kier molecular flexibility index (Phi) is 5.94. The van der Waals surface area contributed by atoms with Crippen molar-refractivity contribution < 1.29 is 19.8 Å². The number of ketones is 1. The van der Waals surface area contributed by atoms with Crippen LogP contribution < -0.4 is 0 Å². The molecule has 4 heteroatoms. The summed E-state index contributed by atoms with van der Waals surface area (Å²) in [5, 5.41) is 19.8. The molecule has 0 aromatic carbocycles. The van der Waals surface area contributed by atoms with E-state index in [1.54, 1.807) is 18.1 Å². The number of aliphatic hydroxyl groups excluding tert-OH is 2. The van der Waals surface area contributed by atoms with Gasteiger partial charge >= 0.3 is 0 Å². The number of hydrogen-bond acceptors (Lipinski definition) is 4. The lowest BCUT2D eigenvalue weighted by molar-refractivity contribution is -0.118. The molecule has 1 aliphatic rings. The summed E-state index contributed by atoms with van der Waals surface area (Å²) in [7, 11) is 0. The molecule has 0 aromatic heterocycles. The van der Waals surface area contributed by atoms with Crippen molar-refractivity contribution in [3.8, 4) is 0 Å². The van der Waals surface area contributed by atoms with Crippen molar-refractivity contribution in [3.05, 3.63) is 53.0 Å². The molecule has 0 aromatic rings. The van der Waals surface area contributed by atoms with E-state index in [9.17, 15) is 19.8 Å². The van der Waals surface area contributed by atoms with Crippen molar-refractivity contribution in [2.45, 2.75) is 34.6 Å². The highest BCUT2D eigenvalue weighted by Gasteiger charge is 2.44. The molecule has 0 aliphatic heterocycles. The maximum Gasteiger partial charge on any atom is 0.178 e. The molecule has 23 heavy (non-hydrogen) atoms. The number of allylic oxidation sites excluding steroid dienone is 7. The van der Waals surface area contributed by atoms with Crippen LogP contribution in [-0.4, -0.2) is 21.9 Å². The molecule has 0 spiro atoms. The smallest absolute Gasteiger partial charge is 0.178 e. The van der Waals surface area contributed by atoms with Crippen LogP contribution in [0.2, 0.25) is 0 Å². The molecule has 0 amide bonds. The standard InChI is InChI=1S/C19H24O4/c1-12(2)6-8-19(9-7-13(3)4)15(11-20)18(14(5)21)16(22)10-17(19)23/h6-10,12-13,21-22H,1-5H3/b8-6+,9-7+,18-14-. The third-order valence-corrected chi connectivity index (χ3v) is 3.55. The van der Waals surface area contributed by atoms with E-state index in [2.05, 4.69) is 0 Å². The molecule has 0 heterocycles. The lowest BCUT2D eigenvalue weighted by Crippen LogP contribution is -2.34. The van der Waals surface area contributed by atoms with Crippen molar-refractivity contribution in [2.75, 3.05) is 0 Å². The van der Waals surface area contributed by atoms with E-state index in [4.69, 9.17) is 0 Å². The second kappa shape index (κ2) is 7.30. The van der Waals surface area contributed by atoms with E-state index in [-0.39, 0.29) is 28.7 Å². The minimum absolute atomic E-state index is 0.0404. The zero-order chi connectivity index (χ0) is 17.8. The predicted molar refractivity (Wildman–Crippen MR) is 90.6 cm³/mol. The first kappa shape index (κ1) is 18.7. The molecular formula is C19H24O4. The van der Waals surface area contributed by atoms with Gasteiger partial charge in [0.1, 0.15) is 22.9 Å². The summed E-state index contributed by atoms with van der Waals surface area (Å²) in [4.78, 5) is 24.3.